The first kappa shape index (κ1) is 12.1. The molecular formula is C12H21N3. The van der Waals surface area contributed by atoms with E-state index < -0.39 is 0 Å². The van der Waals surface area contributed by atoms with Gasteiger partial charge in [-0.05, 0) is 39.8 Å². The Balaban J connectivity index is 2.44. The summed E-state index contributed by atoms with van der Waals surface area (Å²) in [7, 11) is 4.18. The Morgan fingerprint density at radius 1 is 1.47 bits per heavy atom. The summed E-state index contributed by atoms with van der Waals surface area (Å²) in [6.45, 7) is 2.69. The standard InChI is InChI=1S/C12H21N3/c1-14(2)9-5-7-12-6-3-4-10-15(12)11-8-13/h7H,3-6,9-11H2,1-2H3. The molecule has 1 heterocycles. The first-order valence-electron chi connectivity index (χ1n) is 5.69. The lowest BCUT2D eigenvalue weighted by Gasteiger charge is -2.29. The Morgan fingerprint density at radius 3 is 2.93 bits per heavy atom. The Hall–Kier alpha value is -1.01. The average Bonchev–Trinajstić information content (AvgIpc) is 2.20. The van der Waals surface area contributed by atoms with Gasteiger partial charge in [0.1, 0.15) is 6.54 Å². The van der Waals surface area contributed by atoms with Gasteiger partial charge in [0.15, 0.2) is 0 Å². The van der Waals surface area contributed by atoms with Crippen LogP contribution < -0.4 is 0 Å². The molecule has 0 aliphatic carbocycles. The highest BCUT2D eigenvalue weighted by Gasteiger charge is 2.13. The van der Waals surface area contributed by atoms with Gasteiger partial charge >= 0.3 is 0 Å². The third-order valence-corrected chi connectivity index (χ3v) is 2.73. The summed E-state index contributed by atoms with van der Waals surface area (Å²) < 4.78 is 0. The first-order valence-corrected chi connectivity index (χ1v) is 5.69. The average molecular weight is 207 g/mol. The predicted molar refractivity (Wildman–Crippen MR) is 62.3 cm³/mol. The lowest BCUT2D eigenvalue weighted by Crippen LogP contribution is -2.28. The van der Waals surface area contributed by atoms with E-state index in [4.69, 9.17) is 5.26 Å². The molecule has 0 aromatic heterocycles. The second-order valence-corrected chi connectivity index (χ2v) is 4.32. The molecule has 0 atom stereocenters. The van der Waals surface area contributed by atoms with Crippen LogP contribution in [-0.4, -0.2) is 43.5 Å². The van der Waals surface area contributed by atoms with Gasteiger partial charge in [-0.1, -0.05) is 6.08 Å². The largest absolute Gasteiger partial charge is 0.362 e. The van der Waals surface area contributed by atoms with Crippen molar-refractivity contribution in [3.8, 4) is 6.07 Å². The maximum atomic E-state index is 8.72. The molecule has 0 amide bonds. The van der Waals surface area contributed by atoms with Crippen molar-refractivity contribution in [1.29, 1.82) is 5.26 Å². The van der Waals surface area contributed by atoms with Gasteiger partial charge in [-0.15, -0.1) is 0 Å². The number of nitriles is 1. The summed E-state index contributed by atoms with van der Waals surface area (Å²) >= 11 is 0. The van der Waals surface area contributed by atoms with Gasteiger partial charge in [0.25, 0.3) is 0 Å². The summed E-state index contributed by atoms with van der Waals surface area (Å²) in [6.07, 6.45) is 7.04. The zero-order valence-corrected chi connectivity index (χ0v) is 9.87. The molecule has 1 aliphatic heterocycles. The van der Waals surface area contributed by atoms with Crippen molar-refractivity contribution in [3.63, 3.8) is 0 Å². The van der Waals surface area contributed by atoms with E-state index in [1.165, 1.54) is 18.5 Å². The third-order valence-electron chi connectivity index (χ3n) is 2.73. The van der Waals surface area contributed by atoms with Gasteiger partial charge in [0.2, 0.25) is 0 Å². The maximum Gasteiger partial charge on any atom is 0.105 e. The SMILES string of the molecule is CN(C)CCC=C1CCCCN1CC#N. The van der Waals surface area contributed by atoms with Gasteiger partial charge in [-0.2, -0.15) is 5.26 Å². The molecule has 0 saturated carbocycles. The van der Waals surface area contributed by atoms with E-state index in [1.807, 2.05) is 0 Å². The minimum Gasteiger partial charge on any atom is -0.362 e. The van der Waals surface area contributed by atoms with Gasteiger partial charge in [0, 0.05) is 18.8 Å². The van der Waals surface area contributed by atoms with Crippen molar-refractivity contribution >= 4 is 0 Å². The fraction of sp³-hybridized carbons (Fsp3) is 0.750. The molecule has 0 bridgehead atoms. The van der Waals surface area contributed by atoms with Crippen LogP contribution in [0.15, 0.2) is 11.8 Å². The van der Waals surface area contributed by atoms with E-state index in [0.29, 0.717) is 6.54 Å². The van der Waals surface area contributed by atoms with E-state index in [-0.39, 0.29) is 0 Å². The second kappa shape index (κ2) is 6.47. The molecule has 0 radical (unpaired) electrons. The summed E-state index contributed by atoms with van der Waals surface area (Å²) in [5, 5.41) is 8.72. The molecule has 0 unspecified atom stereocenters. The molecule has 15 heavy (non-hydrogen) atoms. The van der Waals surface area contributed by atoms with E-state index >= 15 is 0 Å². The molecule has 1 rings (SSSR count). The second-order valence-electron chi connectivity index (χ2n) is 4.32. The van der Waals surface area contributed by atoms with Gasteiger partial charge in [-0.25, -0.2) is 0 Å². The van der Waals surface area contributed by atoms with Crippen molar-refractivity contribution in [2.24, 2.45) is 0 Å². The fourth-order valence-corrected chi connectivity index (χ4v) is 1.90. The molecular weight excluding hydrogens is 186 g/mol. The zero-order valence-electron chi connectivity index (χ0n) is 9.87. The fourth-order valence-electron chi connectivity index (χ4n) is 1.90. The quantitative estimate of drug-likeness (QED) is 0.659. The number of hydrogen-bond donors (Lipinski definition) is 0. The van der Waals surface area contributed by atoms with E-state index in [1.54, 1.807) is 0 Å². The van der Waals surface area contributed by atoms with Crippen LogP contribution in [0.3, 0.4) is 0 Å². The van der Waals surface area contributed by atoms with Crippen LogP contribution in [0.2, 0.25) is 0 Å². The summed E-state index contributed by atoms with van der Waals surface area (Å²) in [4.78, 5) is 4.41. The van der Waals surface area contributed by atoms with Crippen molar-refractivity contribution in [2.75, 3.05) is 33.7 Å². The van der Waals surface area contributed by atoms with Gasteiger partial charge in [0.05, 0.1) is 6.07 Å². The number of rotatable bonds is 4. The number of hydrogen-bond acceptors (Lipinski definition) is 3. The number of likely N-dealkylation sites (tertiary alicyclic amines) is 1. The van der Waals surface area contributed by atoms with Gasteiger partial charge in [-0.3, -0.25) is 0 Å². The maximum absolute atomic E-state index is 8.72. The highest BCUT2D eigenvalue weighted by atomic mass is 15.1. The summed E-state index contributed by atoms with van der Waals surface area (Å²) in [5.41, 5.74) is 1.38. The Bertz CT molecular complexity index is 250. The Morgan fingerprint density at radius 2 is 2.27 bits per heavy atom. The third kappa shape index (κ3) is 4.35. The van der Waals surface area contributed by atoms with Crippen LogP contribution in [0.25, 0.3) is 0 Å². The van der Waals surface area contributed by atoms with Crippen molar-refractivity contribution in [2.45, 2.75) is 25.7 Å². The predicted octanol–water partition coefficient (Wildman–Crippen LogP) is 1.83. The van der Waals surface area contributed by atoms with Crippen molar-refractivity contribution in [3.05, 3.63) is 11.8 Å². The molecule has 84 valence electrons. The monoisotopic (exact) mass is 207 g/mol. The highest BCUT2D eigenvalue weighted by Crippen LogP contribution is 2.20. The number of allylic oxidation sites excluding steroid dienone is 1. The van der Waals surface area contributed by atoms with E-state index in [2.05, 4.69) is 36.0 Å². The molecule has 0 aromatic carbocycles. The molecule has 3 heteroatoms. The summed E-state index contributed by atoms with van der Waals surface area (Å²) in [6, 6.07) is 2.24. The Labute approximate surface area is 93.0 Å². The molecule has 0 N–H and O–H groups in total. The van der Waals surface area contributed by atoms with Crippen molar-refractivity contribution < 1.29 is 0 Å². The van der Waals surface area contributed by atoms with Crippen LogP contribution in [0.1, 0.15) is 25.7 Å². The summed E-state index contributed by atoms with van der Waals surface area (Å²) in [5.74, 6) is 0. The molecule has 3 nitrogen and oxygen atoms in total. The normalized spacial score (nSPS) is 19.6. The molecule has 0 aromatic rings. The van der Waals surface area contributed by atoms with Crippen molar-refractivity contribution in [1.82, 2.24) is 9.80 Å². The highest BCUT2D eigenvalue weighted by molar-refractivity contribution is 5.06. The number of piperidine rings is 1. The smallest absolute Gasteiger partial charge is 0.105 e. The lowest BCUT2D eigenvalue weighted by atomic mass is 10.1. The van der Waals surface area contributed by atoms with Crippen LogP contribution in [-0.2, 0) is 0 Å². The molecule has 1 saturated heterocycles. The van der Waals surface area contributed by atoms with Crippen LogP contribution in [0.5, 0.6) is 0 Å². The van der Waals surface area contributed by atoms with Crippen LogP contribution >= 0.6 is 0 Å². The zero-order chi connectivity index (χ0) is 11.1. The molecule has 1 fully saturated rings. The first-order chi connectivity index (χ1) is 7.24. The topological polar surface area (TPSA) is 30.3 Å². The molecule has 0 spiro atoms. The van der Waals surface area contributed by atoms with Crippen LogP contribution in [0.4, 0.5) is 0 Å². The minimum atomic E-state index is 0.549. The lowest BCUT2D eigenvalue weighted by molar-refractivity contribution is 0.316. The van der Waals surface area contributed by atoms with Crippen LogP contribution in [0, 0.1) is 11.3 Å². The molecule has 1 aliphatic rings. The Kier molecular flexibility index (Phi) is 5.20. The van der Waals surface area contributed by atoms with Gasteiger partial charge < -0.3 is 9.80 Å². The minimum absolute atomic E-state index is 0.549. The number of nitrogens with zero attached hydrogens (tertiary/aromatic N) is 3. The van der Waals surface area contributed by atoms with E-state index in [0.717, 1.165) is 25.9 Å². The van der Waals surface area contributed by atoms with E-state index in [9.17, 15) is 0 Å².